The zero-order chi connectivity index (χ0) is 12.8. The molecule has 0 aromatic rings. The maximum atomic E-state index is 12.0. The standard InChI is InChI=1S/C12H21NO4/c1-12(2,3)17-11(16)13-7-4-5-8(13)10(15)9(14)6-7/h7-10,14-15H,4-6H2,1-3H3/t7-,8+,9-,10+/m1/s1. The van der Waals surface area contributed by atoms with Crippen LogP contribution in [-0.4, -0.2) is 51.1 Å². The number of carbonyl (C=O) groups is 1. The minimum Gasteiger partial charge on any atom is -0.444 e. The van der Waals surface area contributed by atoms with Gasteiger partial charge in [-0.15, -0.1) is 0 Å². The molecule has 1 amide bonds. The van der Waals surface area contributed by atoms with Crippen molar-refractivity contribution in [1.29, 1.82) is 0 Å². The summed E-state index contributed by atoms with van der Waals surface area (Å²) in [4.78, 5) is 13.7. The molecule has 2 bridgehead atoms. The molecular weight excluding hydrogens is 222 g/mol. The summed E-state index contributed by atoms with van der Waals surface area (Å²) in [6.07, 6.45) is 0.0697. The molecule has 2 aliphatic heterocycles. The van der Waals surface area contributed by atoms with Crippen LogP contribution >= 0.6 is 0 Å². The van der Waals surface area contributed by atoms with Crippen LogP contribution in [0.4, 0.5) is 4.79 Å². The second-order valence-corrected chi connectivity index (χ2v) is 5.98. The third kappa shape index (κ3) is 2.40. The van der Waals surface area contributed by atoms with E-state index in [2.05, 4.69) is 0 Å². The molecule has 5 heteroatoms. The van der Waals surface area contributed by atoms with Crippen molar-refractivity contribution >= 4 is 6.09 Å². The van der Waals surface area contributed by atoms with Crippen molar-refractivity contribution in [2.24, 2.45) is 0 Å². The quantitative estimate of drug-likeness (QED) is 0.662. The van der Waals surface area contributed by atoms with E-state index in [1.165, 1.54) is 0 Å². The van der Waals surface area contributed by atoms with Crippen LogP contribution in [0.15, 0.2) is 0 Å². The molecule has 0 radical (unpaired) electrons. The number of hydrogen-bond acceptors (Lipinski definition) is 4. The Balaban J connectivity index is 2.10. The number of ether oxygens (including phenoxy) is 1. The zero-order valence-electron chi connectivity index (χ0n) is 10.6. The van der Waals surface area contributed by atoms with Gasteiger partial charge in [0.25, 0.3) is 0 Å². The average Bonchev–Trinajstić information content (AvgIpc) is 2.51. The van der Waals surface area contributed by atoms with Gasteiger partial charge in [-0.3, -0.25) is 4.90 Å². The lowest BCUT2D eigenvalue weighted by Gasteiger charge is -2.40. The Bertz CT molecular complexity index is 312. The molecule has 5 nitrogen and oxygen atoms in total. The second kappa shape index (κ2) is 4.14. The summed E-state index contributed by atoms with van der Waals surface area (Å²) in [5.41, 5.74) is -0.530. The molecular formula is C12H21NO4. The molecule has 4 atom stereocenters. The highest BCUT2D eigenvalue weighted by atomic mass is 16.6. The van der Waals surface area contributed by atoms with E-state index < -0.39 is 17.8 Å². The fourth-order valence-electron chi connectivity index (χ4n) is 2.75. The normalized spacial score (nSPS) is 37.1. The predicted octanol–water partition coefficient (Wildman–Crippen LogP) is 0.880. The Morgan fingerprint density at radius 1 is 1.29 bits per heavy atom. The van der Waals surface area contributed by atoms with E-state index in [0.717, 1.165) is 12.8 Å². The van der Waals surface area contributed by atoms with Crippen molar-refractivity contribution in [1.82, 2.24) is 4.90 Å². The van der Waals surface area contributed by atoms with Crippen molar-refractivity contribution in [3.05, 3.63) is 0 Å². The predicted molar refractivity (Wildman–Crippen MR) is 61.5 cm³/mol. The van der Waals surface area contributed by atoms with Crippen molar-refractivity contribution in [2.45, 2.75) is 69.9 Å². The Hall–Kier alpha value is -0.810. The first kappa shape index (κ1) is 12.6. The summed E-state index contributed by atoms with van der Waals surface area (Å²) >= 11 is 0. The molecule has 0 spiro atoms. The van der Waals surface area contributed by atoms with Gasteiger partial charge >= 0.3 is 6.09 Å². The summed E-state index contributed by atoms with van der Waals surface area (Å²) in [5.74, 6) is 0. The van der Waals surface area contributed by atoms with E-state index in [1.807, 2.05) is 20.8 Å². The summed E-state index contributed by atoms with van der Waals surface area (Å²) in [7, 11) is 0. The topological polar surface area (TPSA) is 70.0 Å². The number of carbonyl (C=O) groups excluding carboxylic acids is 1. The van der Waals surface area contributed by atoms with Gasteiger partial charge in [-0.2, -0.15) is 0 Å². The van der Waals surface area contributed by atoms with Crippen molar-refractivity contribution in [3.8, 4) is 0 Å². The molecule has 2 aliphatic rings. The van der Waals surface area contributed by atoms with Gasteiger partial charge in [-0.1, -0.05) is 0 Å². The van der Waals surface area contributed by atoms with Crippen LogP contribution in [-0.2, 0) is 4.74 Å². The van der Waals surface area contributed by atoms with Crippen LogP contribution in [0, 0.1) is 0 Å². The first-order valence-corrected chi connectivity index (χ1v) is 6.17. The number of piperidine rings is 1. The number of hydrogen-bond donors (Lipinski definition) is 2. The molecule has 0 aliphatic carbocycles. The highest BCUT2D eigenvalue weighted by Crippen LogP contribution is 2.36. The number of aliphatic hydroxyl groups excluding tert-OH is 2. The van der Waals surface area contributed by atoms with E-state index in [1.54, 1.807) is 4.90 Å². The SMILES string of the molecule is CC(C)(C)OC(=O)N1[C@@H]2CC[C@H]1[C@H](O)[C@H](O)C2. The van der Waals surface area contributed by atoms with Crippen LogP contribution < -0.4 is 0 Å². The van der Waals surface area contributed by atoms with Crippen LogP contribution in [0.5, 0.6) is 0 Å². The summed E-state index contributed by atoms with van der Waals surface area (Å²) in [5, 5.41) is 19.5. The summed E-state index contributed by atoms with van der Waals surface area (Å²) in [6, 6.07) is -0.285. The number of rotatable bonds is 0. The number of nitrogens with zero attached hydrogens (tertiary/aromatic N) is 1. The largest absolute Gasteiger partial charge is 0.444 e. The number of aliphatic hydroxyl groups is 2. The molecule has 2 rings (SSSR count). The Morgan fingerprint density at radius 2 is 1.94 bits per heavy atom. The number of fused-ring (bicyclic) bond motifs is 2. The zero-order valence-corrected chi connectivity index (χ0v) is 10.6. The lowest BCUT2D eigenvalue weighted by atomic mass is 9.97. The third-order valence-electron chi connectivity index (χ3n) is 3.45. The van der Waals surface area contributed by atoms with Gasteiger partial charge < -0.3 is 14.9 Å². The molecule has 0 aromatic carbocycles. The minimum atomic E-state index is -0.846. The molecule has 0 aromatic heterocycles. The smallest absolute Gasteiger partial charge is 0.410 e. The summed E-state index contributed by atoms with van der Waals surface area (Å²) < 4.78 is 5.34. The molecule has 98 valence electrons. The highest BCUT2D eigenvalue weighted by molar-refractivity contribution is 5.69. The van der Waals surface area contributed by atoms with E-state index >= 15 is 0 Å². The van der Waals surface area contributed by atoms with E-state index in [0.29, 0.717) is 6.42 Å². The van der Waals surface area contributed by atoms with Crippen molar-refractivity contribution in [2.75, 3.05) is 0 Å². The lowest BCUT2D eigenvalue weighted by molar-refractivity contribution is -0.0783. The summed E-state index contributed by atoms with van der Waals surface area (Å²) in [6.45, 7) is 5.46. The Labute approximate surface area is 101 Å². The van der Waals surface area contributed by atoms with Gasteiger partial charge in [0.05, 0.1) is 12.1 Å². The van der Waals surface area contributed by atoms with Crippen molar-refractivity contribution in [3.63, 3.8) is 0 Å². The van der Waals surface area contributed by atoms with Crippen LogP contribution in [0.3, 0.4) is 0 Å². The van der Waals surface area contributed by atoms with E-state index in [9.17, 15) is 15.0 Å². The average molecular weight is 243 g/mol. The lowest BCUT2D eigenvalue weighted by Crippen LogP contribution is -2.57. The minimum absolute atomic E-state index is 0.00764. The van der Waals surface area contributed by atoms with Crippen LogP contribution in [0.25, 0.3) is 0 Å². The maximum absolute atomic E-state index is 12.0. The van der Waals surface area contributed by atoms with Gasteiger partial charge in [0.1, 0.15) is 11.7 Å². The van der Waals surface area contributed by atoms with Crippen LogP contribution in [0.1, 0.15) is 40.0 Å². The van der Waals surface area contributed by atoms with E-state index in [4.69, 9.17) is 4.74 Å². The van der Waals surface area contributed by atoms with E-state index in [-0.39, 0.29) is 18.2 Å². The maximum Gasteiger partial charge on any atom is 0.410 e. The first-order chi connectivity index (χ1) is 7.79. The molecule has 0 unspecified atom stereocenters. The van der Waals surface area contributed by atoms with Crippen LogP contribution in [0.2, 0.25) is 0 Å². The van der Waals surface area contributed by atoms with Gasteiger partial charge in [0, 0.05) is 6.04 Å². The third-order valence-corrected chi connectivity index (χ3v) is 3.45. The molecule has 2 fully saturated rings. The molecule has 2 heterocycles. The Morgan fingerprint density at radius 3 is 2.53 bits per heavy atom. The molecule has 2 N–H and O–H groups in total. The second-order valence-electron chi connectivity index (χ2n) is 5.98. The molecule has 17 heavy (non-hydrogen) atoms. The van der Waals surface area contributed by atoms with Gasteiger partial charge in [0.2, 0.25) is 0 Å². The molecule has 0 saturated carbocycles. The highest BCUT2D eigenvalue weighted by Gasteiger charge is 2.49. The van der Waals surface area contributed by atoms with Gasteiger partial charge in [-0.25, -0.2) is 4.79 Å². The number of amides is 1. The fraction of sp³-hybridized carbons (Fsp3) is 0.917. The first-order valence-electron chi connectivity index (χ1n) is 6.17. The monoisotopic (exact) mass is 243 g/mol. The van der Waals surface area contributed by atoms with Crippen molar-refractivity contribution < 1.29 is 19.7 Å². The fourth-order valence-corrected chi connectivity index (χ4v) is 2.75. The van der Waals surface area contributed by atoms with Gasteiger partial charge in [-0.05, 0) is 40.0 Å². The van der Waals surface area contributed by atoms with Gasteiger partial charge in [0.15, 0.2) is 0 Å². The molecule has 2 saturated heterocycles. The Kier molecular flexibility index (Phi) is 3.08.